The molecule has 0 unspecified atom stereocenters. The molecule has 33 heteroatoms. The average Bonchev–Trinajstić information content (AvgIpc) is 1.64. The molecule has 0 saturated carbocycles. The first-order valence-electron chi connectivity index (χ1n) is 36.3. The second-order valence-electron chi connectivity index (χ2n) is 28.1. The maximum absolute atomic E-state index is 15.3. The van der Waals surface area contributed by atoms with Crippen molar-refractivity contribution in [2.45, 2.75) is 230 Å². The number of nitrogens with two attached hydrogens (primary N) is 1. The summed E-state index contributed by atoms with van der Waals surface area (Å²) in [5, 5.41) is 66.0. The molecule has 4 aliphatic rings. The molecule has 4 fully saturated rings. The Hall–Kier alpha value is -9.60. The zero-order valence-electron chi connectivity index (χ0n) is 61.8. The van der Waals surface area contributed by atoms with Crippen molar-refractivity contribution in [1.82, 2.24) is 62.1 Å². The highest BCUT2D eigenvalue weighted by Crippen LogP contribution is 2.28. The fourth-order valence-electron chi connectivity index (χ4n) is 13.5. The Kier molecular flexibility index (Phi) is 32.8. The van der Waals surface area contributed by atoms with E-state index in [2.05, 4.69) is 42.5 Å². The number of rotatable bonds is 22. The van der Waals surface area contributed by atoms with Crippen LogP contribution in [-0.4, -0.2) is 255 Å². The summed E-state index contributed by atoms with van der Waals surface area (Å²) in [7, 11) is 2.86. The maximum atomic E-state index is 15.3. The molecule has 0 aromatic heterocycles. The number of likely N-dealkylation sites (N-methyl/N-ethyl adjacent to an activating group) is 1. The third kappa shape index (κ3) is 24.0. The minimum atomic E-state index is -2.43. The van der Waals surface area contributed by atoms with Gasteiger partial charge in [-0.15, -0.1) is 0 Å². The van der Waals surface area contributed by atoms with Crippen molar-refractivity contribution in [2.75, 3.05) is 46.9 Å². The Morgan fingerprint density at radius 3 is 1.83 bits per heavy atom. The number of esters is 1. The molecule has 14 N–H and O–H groups in total. The molecule has 15 atom stereocenters. The molecule has 2 aromatic rings. The third-order valence-corrected chi connectivity index (χ3v) is 19.8. The summed E-state index contributed by atoms with van der Waals surface area (Å²) in [5.74, 6) is -13.4. The number of primary amides is 1. The monoisotopic (exact) mass is 1490 g/mol. The van der Waals surface area contributed by atoms with E-state index in [1.807, 2.05) is 0 Å². The first-order valence-corrected chi connectivity index (χ1v) is 36.3. The topological polar surface area (TPSA) is 474 Å². The molecule has 13 amide bonds. The lowest BCUT2D eigenvalue weighted by atomic mass is 9.95. The van der Waals surface area contributed by atoms with Crippen molar-refractivity contribution in [1.29, 1.82) is 0 Å². The molecule has 584 valence electrons. The summed E-state index contributed by atoms with van der Waals surface area (Å²) in [6.07, 6.45) is -6.60. The van der Waals surface area contributed by atoms with E-state index in [0.29, 0.717) is 36.1 Å². The highest BCUT2D eigenvalue weighted by atomic mass is 16.5. The quantitative estimate of drug-likeness (QED) is 0.0443. The molecule has 2 aromatic carbocycles. The van der Waals surface area contributed by atoms with E-state index in [0.717, 1.165) is 17.9 Å². The number of fused-ring (bicyclic) bond motifs is 3. The van der Waals surface area contributed by atoms with Crippen LogP contribution in [0.3, 0.4) is 0 Å². The van der Waals surface area contributed by atoms with Crippen molar-refractivity contribution >= 4 is 82.8 Å². The number of ether oxygens (including phenoxy) is 2. The molecular formula is C73H107N13O20. The van der Waals surface area contributed by atoms with Gasteiger partial charge in [0.25, 0.3) is 11.8 Å². The number of amides is 13. The average molecular weight is 1490 g/mol. The second-order valence-corrected chi connectivity index (χ2v) is 28.1. The predicted molar refractivity (Wildman–Crippen MR) is 382 cm³/mol. The Bertz CT molecular complexity index is 3470. The van der Waals surface area contributed by atoms with Crippen LogP contribution in [0.1, 0.15) is 143 Å². The fraction of sp³-hybridized carbons (Fsp3) is 0.616. The van der Waals surface area contributed by atoms with Crippen molar-refractivity contribution in [3.63, 3.8) is 0 Å². The number of aliphatic hydroxyl groups is 4. The normalized spacial score (nSPS) is 25.8. The molecule has 0 radical (unpaired) electrons. The van der Waals surface area contributed by atoms with Crippen molar-refractivity contribution in [2.24, 2.45) is 17.6 Å². The largest absolute Gasteiger partial charge is 0.497 e. The van der Waals surface area contributed by atoms with Crippen LogP contribution in [0, 0.1) is 11.8 Å². The standard InChI is InChI=1S/C73H107N13O20/c1-10-41(5)60-68(99)80-53(39-87)65(96)76-49(11-2)64(95)82-61(42(6)88)69(100)78-51(28-25-44-23-26-47(105-9)27-24-44)71(102)85-32-15-20-54(85)66(97)79-52(37-48(36-46(90)35-45-18-13-12-14-19-45)106-73(104)57(34-40(3)4)83(8)43(7)89)62(93)70(101)77-50(29-30-58(74)91)63(94)75-38-59(92)84-31-17-22-56(84)72(103)86-33-16-21-55(86)67(98)81-60/h11-14,18-19,23-24,26-27,40-42,46,48,50-57,60-62,87-88,90,93H,10,15-17,20-22,25,28-39H2,1-9H3,(H2,74,91)(H,75,94)(H,76,96)(H,77,101)(H,78,100)(H,79,97)(H,80,99)(H,81,98)(H,82,95)/t41-,42+,46+,48-,50+,51+,52-,53-,54-,55-,56-,57-,60+,61-,62+/m0/s1. The number of hydrogen-bond acceptors (Lipinski definition) is 20. The number of aliphatic hydroxyl groups excluding tert-OH is 4. The molecule has 6 rings (SSSR count). The summed E-state index contributed by atoms with van der Waals surface area (Å²) in [6, 6.07) is 0.341. The molecule has 4 aliphatic heterocycles. The number of aryl methyl sites for hydroxylation is 1. The van der Waals surface area contributed by atoms with Crippen LogP contribution in [0.2, 0.25) is 0 Å². The van der Waals surface area contributed by atoms with Gasteiger partial charge >= 0.3 is 5.97 Å². The molecular weight excluding hydrogens is 1380 g/mol. The lowest BCUT2D eigenvalue weighted by Crippen LogP contribution is -2.61. The van der Waals surface area contributed by atoms with Crippen LogP contribution in [0.25, 0.3) is 0 Å². The predicted octanol–water partition coefficient (Wildman–Crippen LogP) is -2.11. The van der Waals surface area contributed by atoms with Gasteiger partial charge in [-0.3, -0.25) is 62.3 Å². The van der Waals surface area contributed by atoms with E-state index < -0.39 is 218 Å². The Morgan fingerprint density at radius 1 is 0.670 bits per heavy atom. The molecule has 0 bridgehead atoms. The summed E-state index contributed by atoms with van der Waals surface area (Å²) < 4.78 is 11.5. The van der Waals surface area contributed by atoms with Gasteiger partial charge in [0.05, 0.1) is 38.5 Å². The van der Waals surface area contributed by atoms with Gasteiger partial charge in [-0.25, -0.2) is 4.79 Å². The SMILES string of the molecule is CC=C1NC(=O)[C@H](CO)NC(=O)[C@@H]([C@@H](C)CC)NC(=O)[C@@H]2CCCN2C(=O)[C@@H]2CCCN2C(=O)CNC(=O)[C@@H](CCC(N)=O)NC(=O)[C@H](O)[C@H](C[C@H](C[C@H](O)Cc2ccccc2)OC(=O)[C@H](CC(C)C)N(C)C(C)=O)NC(=O)[C@@H]2CCCN2C(=O)[C@@H](CCc2ccc(OC)cc2)NC(=O)[C@H]([C@@H](C)O)NC1=O. The van der Waals surface area contributed by atoms with Crippen LogP contribution in [0.4, 0.5) is 0 Å². The molecule has 4 heterocycles. The van der Waals surface area contributed by atoms with Gasteiger partial charge in [-0.2, -0.15) is 0 Å². The van der Waals surface area contributed by atoms with Crippen LogP contribution < -0.4 is 53.0 Å². The molecule has 33 nitrogen and oxygen atoms in total. The van der Waals surface area contributed by atoms with E-state index >= 15 is 9.59 Å². The zero-order chi connectivity index (χ0) is 78.2. The van der Waals surface area contributed by atoms with Gasteiger partial charge in [0.15, 0.2) is 6.10 Å². The molecule has 106 heavy (non-hydrogen) atoms. The van der Waals surface area contributed by atoms with Crippen molar-refractivity contribution in [3.8, 4) is 5.75 Å². The minimum absolute atomic E-state index is 0.00923. The summed E-state index contributed by atoms with van der Waals surface area (Å²) >= 11 is 0. The number of benzene rings is 2. The Balaban J connectivity index is 1.45. The Labute approximate surface area is 616 Å². The van der Waals surface area contributed by atoms with Crippen LogP contribution in [-0.2, 0) is 84.7 Å². The van der Waals surface area contributed by atoms with Crippen molar-refractivity contribution < 1.29 is 97.0 Å². The van der Waals surface area contributed by atoms with Crippen molar-refractivity contribution in [3.05, 3.63) is 77.5 Å². The second kappa shape index (κ2) is 40.8. The lowest BCUT2D eigenvalue weighted by molar-refractivity contribution is -0.161. The highest BCUT2D eigenvalue weighted by Gasteiger charge is 2.46. The maximum Gasteiger partial charge on any atom is 0.329 e. The van der Waals surface area contributed by atoms with Gasteiger partial charge in [-0.1, -0.05) is 82.7 Å². The van der Waals surface area contributed by atoms with Crippen LogP contribution >= 0.6 is 0 Å². The van der Waals surface area contributed by atoms with E-state index in [-0.39, 0.29) is 76.9 Å². The fourth-order valence-corrected chi connectivity index (χ4v) is 13.5. The summed E-state index contributed by atoms with van der Waals surface area (Å²) in [6.45, 7) is 8.91. The Morgan fingerprint density at radius 2 is 1.25 bits per heavy atom. The molecule has 4 saturated heterocycles. The number of carbonyl (C=O) groups excluding carboxylic acids is 14. The van der Waals surface area contributed by atoms with Crippen LogP contribution in [0.5, 0.6) is 5.75 Å². The molecule has 0 aliphatic carbocycles. The third-order valence-electron chi connectivity index (χ3n) is 19.8. The van der Waals surface area contributed by atoms with Crippen LogP contribution in [0.15, 0.2) is 66.4 Å². The van der Waals surface area contributed by atoms with Gasteiger partial charge in [-0.05, 0) is 120 Å². The minimum Gasteiger partial charge on any atom is -0.497 e. The highest BCUT2D eigenvalue weighted by molar-refractivity contribution is 6.03. The first-order chi connectivity index (χ1) is 50.3. The van der Waals surface area contributed by atoms with Gasteiger partial charge in [0, 0.05) is 52.9 Å². The van der Waals surface area contributed by atoms with E-state index in [1.54, 1.807) is 82.3 Å². The first kappa shape index (κ1) is 85.3. The number of allylic oxidation sites excluding steroid dienone is 1. The lowest BCUT2D eigenvalue weighted by Gasteiger charge is -2.34. The smallest absolute Gasteiger partial charge is 0.329 e. The number of nitrogens with zero attached hydrogens (tertiary/aromatic N) is 4. The summed E-state index contributed by atoms with van der Waals surface area (Å²) in [5.41, 5.74) is 6.34. The summed E-state index contributed by atoms with van der Waals surface area (Å²) in [4.78, 5) is 204. The van der Waals surface area contributed by atoms with E-state index in [4.69, 9.17) is 15.2 Å². The molecule has 0 spiro atoms. The zero-order valence-corrected chi connectivity index (χ0v) is 61.8. The van der Waals surface area contributed by atoms with Gasteiger partial charge in [0.2, 0.25) is 65.0 Å². The number of nitrogens with one attached hydrogen (secondary N) is 8. The number of methoxy groups -OCH3 is 1. The number of carbonyl (C=O) groups is 14. The van der Waals surface area contributed by atoms with E-state index in [9.17, 15) is 78.0 Å². The van der Waals surface area contributed by atoms with E-state index in [1.165, 1.54) is 42.7 Å². The number of hydrogen-bond donors (Lipinski definition) is 13. The van der Waals surface area contributed by atoms with Gasteiger partial charge in [0.1, 0.15) is 71.9 Å². The van der Waals surface area contributed by atoms with Gasteiger partial charge < -0.3 is 97.8 Å².